The average molecular weight is 397 g/mol. The summed E-state index contributed by atoms with van der Waals surface area (Å²) in [7, 11) is -0.660. The summed E-state index contributed by atoms with van der Waals surface area (Å²) >= 11 is 5.92. The van der Waals surface area contributed by atoms with Crippen LogP contribution in [0, 0.1) is 0 Å². The van der Waals surface area contributed by atoms with E-state index >= 15 is 0 Å². The smallest absolute Gasteiger partial charge is 0.246 e. The maximum Gasteiger partial charge on any atom is 0.246 e. The number of piperazine rings is 1. The summed E-state index contributed by atoms with van der Waals surface area (Å²) in [6, 6.07) is 12.3. The first kappa shape index (κ1) is 18.8. The van der Waals surface area contributed by atoms with Crippen LogP contribution in [0.1, 0.15) is 0 Å². The van der Waals surface area contributed by atoms with Gasteiger partial charge in [-0.15, -0.1) is 0 Å². The molecule has 0 atom stereocenters. The van der Waals surface area contributed by atoms with Gasteiger partial charge in [-0.25, -0.2) is 8.42 Å². The molecule has 1 saturated heterocycles. The Morgan fingerprint density at radius 2 is 1.58 bits per heavy atom. The molecule has 1 aliphatic heterocycles. The van der Waals surface area contributed by atoms with Crippen molar-refractivity contribution in [1.29, 1.82) is 0 Å². The lowest BCUT2D eigenvalue weighted by Gasteiger charge is -2.35. The molecule has 0 unspecified atom stereocenters. The largest absolute Gasteiger partial charge is 0.497 e. The van der Waals surface area contributed by atoms with Gasteiger partial charge in [0.25, 0.3) is 0 Å². The third-order valence-electron chi connectivity index (χ3n) is 4.42. The molecule has 0 spiro atoms. The standard InChI is InChI=1S/C18H21ClN2O4S/c1-24-16-7-8-18(17(13-16)25-2)26(22,23)21-11-9-20(10-12-21)15-5-3-14(19)4-6-15/h3-8,13H,9-12H2,1-2H3. The number of methoxy groups -OCH3 is 2. The summed E-state index contributed by atoms with van der Waals surface area (Å²) in [5.41, 5.74) is 1.04. The van der Waals surface area contributed by atoms with Crippen molar-refractivity contribution < 1.29 is 17.9 Å². The lowest BCUT2D eigenvalue weighted by Crippen LogP contribution is -2.48. The van der Waals surface area contributed by atoms with Crippen LogP contribution < -0.4 is 14.4 Å². The van der Waals surface area contributed by atoms with E-state index in [1.807, 2.05) is 24.3 Å². The van der Waals surface area contributed by atoms with Gasteiger partial charge in [0.1, 0.15) is 16.4 Å². The second-order valence-corrected chi connectivity index (χ2v) is 8.23. The topological polar surface area (TPSA) is 59.1 Å². The van der Waals surface area contributed by atoms with Crippen LogP contribution in [-0.2, 0) is 10.0 Å². The third-order valence-corrected chi connectivity index (χ3v) is 6.61. The van der Waals surface area contributed by atoms with Gasteiger partial charge in [-0.3, -0.25) is 0 Å². The first-order valence-electron chi connectivity index (χ1n) is 8.18. The lowest BCUT2D eigenvalue weighted by atomic mass is 10.2. The van der Waals surface area contributed by atoms with Crippen molar-refractivity contribution in [2.75, 3.05) is 45.3 Å². The van der Waals surface area contributed by atoms with E-state index in [9.17, 15) is 8.42 Å². The minimum absolute atomic E-state index is 0.153. The van der Waals surface area contributed by atoms with Crippen molar-refractivity contribution in [3.63, 3.8) is 0 Å². The first-order valence-corrected chi connectivity index (χ1v) is 10.00. The molecule has 0 N–H and O–H groups in total. The molecule has 6 nitrogen and oxygen atoms in total. The van der Waals surface area contributed by atoms with Gasteiger partial charge < -0.3 is 14.4 Å². The molecule has 2 aromatic rings. The van der Waals surface area contributed by atoms with Crippen molar-refractivity contribution in [3.8, 4) is 11.5 Å². The normalized spacial score (nSPS) is 15.7. The fourth-order valence-electron chi connectivity index (χ4n) is 2.97. The van der Waals surface area contributed by atoms with Crippen LogP contribution in [0.2, 0.25) is 5.02 Å². The first-order chi connectivity index (χ1) is 12.5. The highest BCUT2D eigenvalue weighted by Crippen LogP contribution is 2.31. The predicted molar refractivity (Wildman–Crippen MR) is 102 cm³/mol. The van der Waals surface area contributed by atoms with Gasteiger partial charge in [0.05, 0.1) is 14.2 Å². The maximum absolute atomic E-state index is 13.0. The molecular formula is C18H21ClN2O4S. The van der Waals surface area contributed by atoms with Gasteiger partial charge in [-0.05, 0) is 36.4 Å². The van der Waals surface area contributed by atoms with E-state index in [1.54, 1.807) is 12.1 Å². The second-order valence-electron chi connectivity index (χ2n) is 5.88. The molecule has 0 amide bonds. The van der Waals surface area contributed by atoms with Crippen LogP contribution in [0.3, 0.4) is 0 Å². The number of anilines is 1. The minimum Gasteiger partial charge on any atom is -0.497 e. The number of halogens is 1. The molecule has 1 aliphatic rings. The van der Waals surface area contributed by atoms with E-state index in [-0.39, 0.29) is 10.6 Å². The Bertz CT molecular complexity index is 863. The Labute approximate surface area is 158 Å². The zero-order valence-corrected chi connectivity index (χ0v) is 16.3. The molecule has 0 aromatic heterocycles. The number of hydrogen-bond acceptors (Lipinski definition) is 5. The highest BCUT2D eigenvalue weighted by Gasteiger charge is 2.31. The van der Waals surface area contributed by atoms with Crippen LogP contribution in [0.15, 0.2) is 47.4 Å². The molecule has 8 heteroatoms. The molecule has 26 heavy (non-hydrogen) atoms. The molecule has 0 bridgehead atoms. The molecule has 0 aliphatic carbocycles. The van der Waals surface area contributed by atoms with Crippen molar-refractivity contribution in [2.45, 2.75) is 4.90 Å². The summed E-state index contributed by atoms with van der Waals surface area (Å²) in [5, 5.41) is 0.682. The van der Waals surface area contributed by atoms with Crippen LogP contribution in [0.5, 0.6) is 11.5 Å². The summed E-state index contributed by atoms with van der Waals surface area (Å²) in [6.45, 7) is 2.03. The minimum atomic E-state index is -3.64. The van der Waals surface area contributed by atoms with Gasteiger partial charge in [-0.1, -0.05) is 11.6 Å². The SMILES string of the molecule is COc1ccc(S(=O)(=O)N2CCN(c3ccc(Cl)cc3)CC2)c(OC)c1. The van der Waals surface area contributed by atoms with Gasteiger partial charge in [0.15, 0.2) is 0 Å². The third kappa shape index (κ3) is 3.75. The van der Waals surface area contributed by atoms with E-state index in [2.05, 4.69) is 4.90 Å². The molecule has 0 saturated carbocycles. The number of ether oxygens (including phenoxy) is 2. The Morgan fingerprint density at radius 1 is 0.923 bits per heavy atom. The summed E-state index contributed by atoms with van der Waals surface area (Å²) in [5.74, 6) is 0.831. The number of rotatable bonds is 5. The number of benzene rings is 2. The molecular weight excluding hydrogens is 376 g/mol. The molecule has 3 rings (SSSR count). The van der Waals surface area contributed by atoms with Crippen LogP contribution in [-0.4, -0.2) is 53.1 Å². The second kappa shape index (κ2) is 7.73. The Balaban J connectivity index is 1.77. The predicted octanol–water partition coefficient (Wildman–Crippen LogP) is 2.87. The van der Waals surface area contributed by atoms with Gasteiger partial charge in [0.2, 0.25) is 10.0 Å². The van der Waals surface area contributed by atoms with Crippen LogP contribution in [0.4, 0.5) is 5.69 Å². The van der Waals surface area contributed by atoms with Gasteiger partial charge in [-0.2, -0.15) is 4.31 Å². The van der Waals surface area contributed by atoms with Crippen molar-refractivity contribution in [2.24, 2.45) is 0 Å². The van der Waals surface area contributed by atoms with E-state index in [1.165, 1.54) is 24.6 Å². The monoisotopic (exact) mass is 396 g/mol. The summed E-state index contributed by atoms with van der Waals surface area (Å²) < 4.78 is 37.9. The van der Waals surface area contributed by atoms with E-state index in [0.29, 0.717) is 37.0 Å². The van der Waals surface area contributed by atoms with Crippen LogP contribution >= 0.6 is 11.6 Å². The lowest BCUT2D eigenvalue weighted by molar-refractivity contribution is 0.370. The highest BCUT2D eigenvalue weighted by atomic mass is 35.5. The van der Waals surface area contributed by atoms with Gasteiger partial charge in [0, 0.05) is 43.0 Å². The quantitative estimate of drug-likeness (QED) is 0.777. The average Bonchev–Trinajstić information content (AvgIpc) is 2.68. The van der Waals surface area contributed by atoms with Crippen molar-refractivity contribution >= 4 is 27.3 Å². The number of hydrogen-bond donors (Lipinski definition) is 0. The zero-order chi connectivity index (χ0) is 18.7. The zero-order valence-electron chi connectivity index (χ0n) is 14.7. The summed E-state index contributed by atoms with van der Waals surface area (Å²) in [6.07, 6.45) is 0. The Morgan fingerprint density at radius 3 is 2.15 bits per heavy atom. The van der Waals surface area contributed by atoms with E-state index in [0.717, 1.165) is 5.69 Å². The molecule has 140 valence electrons. The molecule has 1 fully saturated rings. The van der Waals surface area contributed by atoms with E-state index < -0.39 is 10.0 Å². The highest BCUT2D eigenvalue weighted by molar-refractivity contribution is 7.89. The van der Waals surface area contributed by atoms with Gasteiger partial charge >= 0.3 is 0 Å². The molecule has 1 heterocycles. The maximum atomic E-state index is 13.0. The molecule has 0 radical (unpaired) electrons. The van der Waals surface area contributed by atoms with Crippen molar-refractivity contribution in [1.82, 2.24) is 4.31 Å². The fraction of sp³-hybridized carbons (Fsp3) is 0.333. The summed E-state index contributed by atoms with van der Waals surface area (Å²) in [4.78, 5) is 2.30. The van der Waals surface area contributed by atoms with E-state index in [4.69, 9.17) is 21.1 Å². The Kier molecular flexibility index (Phi) is 5.60. The number of nitrogens with zero attached hydrogens (tertiary/aromatic N) is 2. The van der Waals surface area contributed by atoms with Crippen LogP contribution in [0.25, 0.3) is 0 Å². The van der Waals surface area contributed by atoms with Crippen molar-refractivity contribution in [3.05, 3.63) is 47.5 Å². The Hall–Kier alpha value is -1.96. The number of sulfonamides is 1. The fourth-order valence-corrected chi connectivity index (χ4v) is 4.65. The molecule has 2 aromatic carbocycles.